The minimum atomic E-state index is -0.235. The van der Waals surface area contributed by atoms with Gasteiger partial charge in [-0.2, -0.15) is 0 Å². The summed E-state index contributed by atoms with van der Waals surface area (Å²) in [6.07, 6.45) is 10.0. The number of hydrogen-bond acceptors (Lipinski definition) is 1. The molecule has 13 heavy (non-hydrogen) atoms. The van der Waals surface area contributed by atoms with E-state index in [1.54, 1.807) is 0 Å². The molecule has 1 heteroatoms. The van der Waals surface area contributed by atoms with Crippen molar-refractivity contribution in [1.82, 2.24) is 0 Å². The lowest BCUT2D eigenvalue weighted by Crippen LogP contribution is -2.55. The molecule has 0 bridgehead atoms. The highest BCUT2D eigenvalue weighted by Crippen LogP contribution is 2.53. The summed E-state index contributed by atoms with van der Waals surface area (Å²) in [6, 6.07) is 0. The Labute approximate surface area is 81.5 Å². The quantitative estimate of drug-likeness (QED) is 0.711. The van der Waals surface area contributed by atoms with Gasteiger partial charge in [-0.1, -0.05) is 32.6 Å². The van der Waals surface area contributed by atoms with Crippen LogP contribution in [0, 0.1) is 11.8 Å². The number of hydrogen-bond donors (Lipinski definition) is 1. The molecule has 2 fully saturated rings. The average Bonchev–Trinajstić information content (AvgIpc) is 2.13. The molecule has 0 spiro atoms. The first-order chi connectivity index (χ1) is 6.26. The van der Waals surface area contributed by atoms with Gasteiger partial charge in [0.2, 0.25) is 0 Å². The van der Waals surface area contributed by atoms with Gasteiger partial charge in [0.15, 0.2) is 0 Å². The van der Waals surface area contributed by atoms with Gasteiger partial charge >= 0.3 is 0 Å². The van der Waals surface area contributed by atoms with E-state index in [0.717, 1.165) is 18.8 Å². The molecule has 0 aromatic carbocycles. The second-order valence-electron chi connectivity index (χ2n) is 5.06. The third-order valence-corrected chi connectivity index (χ3v) is 4.18. The number of unbranched alkanes of at least 4 members (excludes halogenated alkanes) is 1. The second kappa shape index (κ2) is 3.61. The van der Waals surface area contributed by atoms with E-state index in [-0.39, 0.29) is 5.60 Å². The first-order valence-corrected chi connectivity index (χ1v) is 5.98. The molecule has 76 valence electrons. The van der Waals surface area contributed by atoms with Gasteiger partial charge in [0.1, 0.15) is 0 Å². The molecule has 0 unspecified atom stereocenters. The Morgan fingerprint density at radius 2 is 2.08 bits per heavy atom. The fourth-order valence-corrected chi connectivity index (χ4v) is 3.37. The van der Waals surface area contributed by atoms with Crippen LogP contribution in [0.4, 0.5) is 0 Å². The standard InChI is InChI=1S/C12H22O/c1-2-3-8-12(13)9-10-6-4-5-7-11(10)12/h10-11,13H,2-9H2,1H3/t10-,11-,12+/m0/s1. The third kappa shape index (κ3) is 1.63. The van der Waals surface area contributed by atoms with Crippen LogP contribution < -0.4 is 0 Å². The Balaban J connectivity index is 1.87. The smallest absolute Gasteiger partial charge is 0.0681 e. The molecule has 3 atom stereocenters. The molecule has 2 rings (SSSR count). The van der Waals surface area contributed by atoms with Crippen molar-refractivity contribution in [3.63, 3.8) is 0 Å². The van der Waals surface area contributed by atoms with Gasteiger partial charge in [0, 0.05) is 0 Å². The fraction of sp³-hybridized carbons (Fsp3) is 1.00. The zero-order valence-corrected chi connectivity index (χ0v) is 8.76. The van der Waals surface area contributed by atoms with Crippen molar-refractivity contribution in [3.8, 4) is 0 Å². The minimum absolute atomic E-state index is 0.235. The molecule has 1 N–H and O–H groups in total. The van der Waals surface area contributed by atoms with Crippen molar-refractivity contribution < 1.29 is 5.11 Å². The molecule has 0 aliphatic heterocycles. The molecule has 0 amide bonds. The Bertz CT molecular complexity index is 174. The van der Waals surface area contributed by atoms with Crippen LogP contribution >= 0.6 is 0 Å². The van der Waals surface area contributed by atoms with E-state index in [2.05, 4.69) is 6.92 Å². The Hall–Kier alpha value is -0.0400. The maximum absolute atomic E-state index is 10.3. The van der Waals surface area contributed by atoms with Crippen LogP contribution in [0.5, 0.6) is 0 Å². The van der Waals surface area contributed by atoms with E-state index in [4.69, 9.17) is 0 Å². The van der Waals surface area contributed by atoms with Crippen LogP contribution in [0.25, 0.3) is 0 Å². The van der Waals surface area contributed by atoms with Crippen LogP contribution in [0.15, 0.2) is 0 Å². The lowest BCUT2D eigenvalue weighted by Gasteiger charge is -2.54. The van der Waals surface area contributed by atoms with Crippen LogP contribution in [0.3, 0.4) is 0 Å². The summed E-state index contributed by atoms with van der Waals surface area (Å²) < 4.78 is 0. The van der Waals surface area contributed by atoms with Gasteiger partial charge in [-0.05, 0) is 37.5 Å². The zero-order chi connectivity index (χ0) is 9.31. The first-order valence-electron chi connectivity index (χ1n) is 5.98. The summed E-state index contributed by atoms with van der Waals surface area (Å²) in [5.41, 5.74) is -0.235. The lowest BCUT2D eigenvalue weighted by molar-refractivity contribution is -0.159. The molecule has 1 nitrogen and oxygen atoms in total. The first kappa shape index (κ1) is 9.51. The Kier molecular flexibility index (Phi) is 2.64. The van der Waals surface area contributed by atoms with Crippen LogP contribution in [0.2, 0.25) is 0 Å². The third-order valence-electron chi connectivity index (χ3n) is 4.18. The monoisotopic (exact) mass is 182 g/mol. The van der Waals surface area contributed by atoms with Gasteiger partial charge in [-0.15, -0.1) is 0 Å². The minimum Gasteiger partial charge on any atom is -0.390 e. The van der Waals surface area contributed by atoms with E-state index in [9.17, 15) is 5.11 Å². The fourth-order valence-electron chi connectivity index (χ4n) is 3.37. The van der Waals surface area contributed by atoms with Crippen molar-refractivity contribution in [2.45, 2.75) is 63.9 Å². The molecule has 0 aromatic rings. The van der Waals surface area contributed by atoms with Gasteiger partial charge in [0.05, 0.1) is 5.60 Å². The topological polar surface area (TPSA) is 20.2 Å². The average molecular weight is 182 g/mol. The highest BCUT2D eigenvalue weighted by molar-refractivity contribution is 5.03. The zero-order valence-electron chi connectivity index (χ0n) is 8.76. The number of aliphatic hydroxyl groups is 1. The van der Waals surface area contributed by atoms with E-state index in [1.165, 1.54) is 38.5 Å². The SMILES string of the molecule is CCCC[C@@]1(O)C[C@@H]2CCCC[C@@H]21. The van der Waals surface area contributed by atoms with Gasteiger partial charge in [-0.25, -0.2) is 0 Å². The molecule has 0 saturated heterocycles. The van der Waals surface area contributed by atoms with E-state index >= 15 is 0 Å². The van der Waals surface area contributed by atoms with Crippen LogP contribution in [0.1, 0.15) is 58.3 Å². The molecule has 2 aliphatic carbocycles. The van der Waals surface area contributed by atoms with E-state index < -0.39 is 0 Å². The largest absolute Gasteiger partial charge is 0.390 e. The summed E-state index contributed by atoms with van der Waals surface area (Å²) in [5.74, 6) is 1.56. The second-order valence-corrected chi connectivity index (χ2v) is 5.06. The van der Waals surface area contributed by atoms with Crippen molar-refractivity contribution in [1.29, 1.82) is 0 Å². The summed E-state index contributed by atoms with van der Waals surface area (Å²) in [6.45, 7) is 2.21. The maximum Gasteiger partial charge on any atom is 0.0681 e. The summed E-state index contributed by atoms with van der Waals surface area (Å²) in [7, 11) is 0. The maximum atomic E-state index is 10.3. The molecular weight excluding hydrogens is 160 g/mol. The highest BCUT2D eigenvalue weighted by Gasteiger charge is 2.51. The number of fused-ring (bicyclic) bond motifs is 1. The molecule has 2 aliphatic rings. The van der Waals surface area contributed by atoms with E-state index in [0.29, 0.717) is 5.92 Å². The summed E-state index contributed by atoms with van der Waals surface area (Å²) >= 11 is 0. The molecule has 0 heterocycles. The molecule has 0 radical (unpaired) electrons. The van der Waals surface area contributed by atoms with Crippen molar-refractivity contribution in [2.24, 2.45) is 11.8 Å². The predicted molar refractivity (Wildman–Crippen MR) is 54.5 cm³/mol. The summed E-state index contributed by atoms with van der Waals surface area (Å²) in [4.78, 5) is 0. The van der Waals surface area contributed by atoms with Gasteiger partial charge in [-0.3, -0.25) is 0 Å². The highest BCUT2D eigenvalue weighted by atomic mass is 16.3. The molecule has 0 aromatic heterocycles. The van der Waals surface area contributed by atoms with Crippen LogP contribution in [-0.4, -0.2) is 10.7 Å². The van der Waals surface area contributed by atoms with Crippen LogP contribution in [-0.2, 0) is 0 Å². The van der Waals surface area contributed by atoms with E-state index in [1.807, 2.05) is 0 Å². The van der Waals surface area contributed by atoms with Crippen molar-refractivity contribution >= 4 is 0 Å². The van der Waals surface area contributed by atoms with Crippen molar-refractivity contribution in [3.05, 3.63) is 0 Å². The van der Waals surface area contributed by atoms with Crippen molar-refractivity contribution in [2.75, 3.05) is 0 Å². The Morgan fingerprint density at radius 3 is 2.77 bits per heavy atom. The lowest BCUT2D eigenvalue weighted by atomic mass is 9.54. The van der Waals surface area contributed by atoms with Gasteiger partial charge < -0.3 is 5.11 Å². The number of rotatable bonds is 3. The predicted octanol–water partition coefficient (Wildman–Crippen LogP) is 3.12. The molecular formula is C12H22O. The summed E-state index contributed by atoms with van der Waals surface area (Å²) in [5, 5.41) is 10.3. The van der Waals surface area contributed by atoms with Gasteiger partial charge in [0.25, 0.3) is 0 Å². The normalized spacial score (nSPS) is 43.8. The Morgan fingerprint density at radius 1 is 1.31 bits per heavy atom. The molecule has 2 saturated carbocycles.